The van der Waals surface area contributed by atoms with Gasteiger partial charge in [0.15, 0.2) is 0 Å². The number of rotatable bonds is 5. The summed E-state index contributed by atoms with van der Waals surface area (Å²) in [6.45, 7) is 7.41. The lowest BCUT2D eigenvalue weighted by Gasteiger charge is -2.15. The monoisotopic (exact) mass is 257 g/mol. The van der Waals surface area contributed by atoms with Crippen molar-refractivity contribution in [2.24, 2.45) is 5.73 Å². The molecule has 2 rings (SSSR count). The van der Waals surface area contributed by atoms with Crippen LogP contribution in [0.1, 0.15) is 41.9 Å². The molecule has 0 spiro atoms. The number of nitrogens with two attached hydrogens (primary N) is 1. The molecule has 3 heteroatoms. The van der Waals surface area contributed by atoms with E-state index in [1.54, 1.807) is 0 Å². The highest BCUT2D eigenvalue weighted by molar-refractivity contribution is 5.31. The quantitative estimate of drug-likeness (QED) is 0.894. The van der Waals surface area contributed by atoms with Crippen molar-refractivity contribution in [2.45, 2.75) is 46.2 Å². The second kappa shape index (κ2) is 6.02. The fourth-order valence-electron chi connectivity index (χ4n) is 2.43. The van der Waals surface area contributed by atoms with Crippen molar-refractivity contribution in [1.82, 2.24) is 9.55 Å². The third-order valence-corrected chi connectivity index (χ3v) is 3.49. The van der Waals surface area contributed by atoms with Gasteiger partial charge >= 0.3 is 0 Å². The molecule has 0 aliphatic carbocycles. The Morgan fingerprint density at radius 2 is 2.11 bits per heavy atom. The van der Waals surface area contributed by atoms with Crippen LogP contribution in [0.4, 0.5) is 0 Å². The molecule has 0 aliphatic heterocycles. The molecule has 1 aromatic carbocycles. The summed E-state index contributed by atoms with van der Waals surface area (Å²) in [5, 5.41) is 0. The summed E-state index contributed by atoms with van der Waals surface area (Å²) < 4.78 is 2.16. The molecule has 0 amide bonds. The first-order chi connectivity index (χ1) is 9.11. The first-order valence-electron chi connectivity index (χ1n) is 6.94. The van der Waals surface area contributed by atoms with E-state index in [0.717, 1.165) is 25.2 Å². The van der Waals surface area contributed by atoms with Crippen LogP contribution in [0.3, 0.4) is 0 Å². The third-order valence-electron chi connectivity index (χ3n) is 3.49. The summed E-state index contributed by atoms with van der Waals surface area (Å²) in [6, 6.07) is 6.49. The van der Waals surface area contributed by atoms with Gasteiger partial charge in [0, 0.05) is 18.9 Å². The molecule has 1 aromatic heterocycles. The second-order valence-corrected chi connectivity index (χ2v) is 5.22. The van der Waals surface area contributed by atoms with Crippen LogP contribution in [0.25, 0.3) is 0 Å². The summed E-state index contributed by atoms with van der Waals surface area (Å²) in [6.07, 6.45) is 5.80. The lowest BCUT2D eigenvalue weighted by atomic mass is 9.99. The minimum absolute atomic E-state index is 0.0398. The fourth-order valence-corrected chi connectivity index (χ4v) is 2.43. The average molecular weight is 257 g/mol. The lowest BCUT2D eigenvalue weighted by molar-refractivity contribution is 0.573. The Labute approximate surface area is 115 Å². The highest BCUT2D eigenvalue weighted by atomic mass is 15.1. The molecule has 0 saturated carbocycles. The van der Waals surface area contributed by atoms with Crippen LogP contribution in [0.2, 0.25) is 0 Å². The van der Waals surface area contributed by atoms with Gasteiger partial charge in [-0.3, -0.25) is 0 Å². The fraction of sp³-hybridized carbons (Fsp3) is 0.438. The zero-order valence-electron chi connectivity index (χ0n) is 12.1. The molecule has 102 valence electrons. The molecule has 0 saturated heterocycles. The van der Waals surface area contributed by atoms with Crippen LogP contribution in [0.15, 0.2) is 30.6 Å². The maximum atomic E-state index is 6.34. The van der Waals surface area contributed by atoms with Gasteiger partial charge in [-0.25, -0.2) is 4.98 Å². The Bertz CT molecular complexity index is 543. The van der Waals surface area contributed by atoms with Gasteiger partial charge in [0.25, 0.3) is 0 Å². The maximum Gasteiger partial charge on any atom is 0.125 e. The van der Waals surface area contributed by atoms with Gasteiger partial charge in [0.1, 0.15) is 5.82 Å². The predicted molar refractivity (Wildman–Crippen MR) is 79.1 cm³/mol. The van der Waals surface area contributed by atoms with Crippen molar-refractivity contribution < 1.29 is 0 Å². The van der Waals surface area contributed by atoms with Gasteiger partial charge in [-0.05, 0) is 37.8 Å². The number of benzene rings is 1. The molecule has 1 atom stereocenters. The molecule has 0 aliphatic rings. The van der Waals surface area contributed by atoms with Crippen LogP contribution in [-0.2, 0) is 13.0 Å². The second-order valence-electron chi connectivity index (χ2n) is 5.22. The van der Waals surface area contributed by atoms with E-state index in [1.165, 1.54) is 16.7 Å². The Kier molecular flexibility index (Phi) is 4.38. The van der Waals surface area contributed by atoms with Crippen LogP contribution < -0.4 is 5.73 Å². The van der Waals surface area contributed by atoms with Crippen molar-refractivity contribution >= 4 is 0 Å². The number of aryl methyl sites for hydroxylation is 3. The van der Waals surface area contributed by atoms with Crippen LogP contribution in [0.5, 0.6) is 0 Å². The number of imidazole rings is 1. The van der Waals surface area contributed by atoms with Gasteiger partial charge in [-0.2, -0.15) is 0 Å². The Hall–Kier alpha value is -1.61. The van der Waals surface area contributed by atoms with Crippen LogP contribution >= 0.6 is 0 Å². The molecule has 0 fully saturated rings. The van der Waals surface area contributed by atoms with Crippen molar-refractivity contribution in [3.63, 3.8) is 0 Å². The Morgan fingerprint density at radius 3 is 2.84 bits per heavy atom. The molecule has 19 heavy (non-hydrogen) atoms. The van der Waals surface area contributed by atoms with E-state index in [0.29, 0.717) is 0 Å². The topological polar surface area (TPSA) is 43.8 Å². The van der Waals surface area contributed by atoms with Crippen molar-refractivity contribution in [2.75, 3.05) is 0 Å². The maximum absolute atomic E-state index is 6.34. The minimum Gasteiger partial charge on any atom is -0.334 e. The number of aromatic nitrogens is 2. The summed E-state index contributed by atoms with van der Waals surface area (Å²) in [5.41, 5.74) is 10.2. The van der Waals surface area contributed by atoms with E-state index in [4.69, 9.17) is 5.73 Å². The Balaban J connectivity index is 2.18. The molecule has 1 heterocycles. The summed E-state index contributed by atoms with van der Waals surface area (Å²) in [7, 11) is 0. The lowest BCUT2D eigenvalue weighted by Crippen LogP contribution is -2.19. The van der Waals surface area contributed by atoms with Crippen LogP contribution in [-0.4, -0.2) is 9.55 Å². The molecular formula is C16H23N3. The van der Waals surface area contributed by atoms with Crippen molar-refractivity contribution in [3.05, 3.63) is 53.1 Å². The van der Waals surface area contributed by atoms with Crippen molar-refractivity contribution in [3.8, 4) is 0 Å². The predicted octanol–water partition coefficient (Wildman–Crippen LogP) is 3.15. The molecule has 0 radical (unpaired) electrons. The van der Waals surface area contributed by atoms with Crippen molar-refractivity contribution in [1.29, 1.82) is 0 Å². The van der Waals surface area contributed by atoms with Gasteiger partial charge < -0.3 is 10.3 Å². The molecule has 3 nitrogen and oxygen atoms in total. The van der Waals surface area contributed by atoms with E-state index < -0.39 is 0 Å². The minimum atomic E-state index is -0.0398. The van der Waals surface area contributed by atoms with Gasteiger partial charge in [-0.15, -0.1) is 0 Å². The summed E-state index contributed by atoms with van der Waals surface area (Å²) in [4.78, 5) is 4.42. The number of hydrogen-bond acceptors (Lipinski definition) is 2. The standard InChI is InChI=1S/C16H23N3/c1-4-8-19-9-7-18-16(19)15(17)11-14-10-12(2)5-6-13(14)3/h5-7,9-10,15H,4,8,11,17H2,1-3H3. The van der Waals surface area contributed by atoms with Gasteiger partial charge in [-0.1, -0.05) is 30.7 Å². The molecule has 2 aromatic rings. The van der Waals surface area contributed by atoms with Gasteiger partial charge in [0.05, 0.1) is 6.04 Å². The largest absolute Gasteiger partial charge is 0.334 e. The molecule has 1 unspecified atom stereocenters. The molecule has 2 N–H and O–H groups in total. The highest BCUT2D eigenvalue weighted by Crippen LogP contribution is 2.19. The number of nitrogens with zero attached hydrogens (tertiary/aromatic N) is 2. The molecule has 0 bridgehead atoms. The van der Waals surface area contributed by atoms with E-state index >= 15 is 0 Å². The number of hydrogen-bond donors (Lipinski definition) is 1. The highest BCUT2D eigenvalue weighted by Gasteiger charge is 2.14. The van der Waals surface area contributed by atoms with Gasteiger partial charge in [0.2, 0.25) is 0 Å². The Morgan fingerprint density at radius 1 is 1.32 bits per heavy atom. The van der Waals surface area contributed by atoms with E-state index in [-0.39, 0.29) is 6.04 Å². The van der Waals surface area contributed by atoms with E-state index in [1.807, 2.05) is 12.4 Å². The summed E-state index contributed by atoms with van der Waals surface area (Å²) in [5.74, 6) is 0.989. The SMILES string of the molecule is CCCn1ccnc1C(N)Cc1cc(C)ccc1C. The zero-order chi connectivity index (χ0) is 13.8. The van der Waals surface area contributed by atoms with E-state index in [2.05, 4.69) is 48.5 Å². The van der Waals surface area contributed by atoms with Crippen LogP contribution in [0, 0.1) is 13.8 Å². The summed E-state index contributed by atoms with van der Waals surface area (Å²) >= 11 is 0. The van der Waals surface area contributed by atoms with E-state index in [9.17, 15) is 0 Å². The normalized spacial score (nSPS) is 12.6. The smallest absolute Gasteiger partial charge is 0.125 e. The first-order valence-corrected chi connectivity index (χ1v) is 6.94. The zero-order valence-corrected chi connectivity index (χ0v) is 12.1. The first kappa shape index (κ1) is 13.8. The average Bonchev–Trinajstić information content (AvgIpc) is 2.82. The molecular weight excluding hydrogens is 234 g/mol. The third kappa shape index (κ3) is 3.24.